The summed E-state index contributed by atoms with van der Waals surface area (Å²) in [7, 11) is 1.82. The summed E-state index contributed by atoms with van der Waals surface area (Å²) < 4.78 is 1.72. The van der Waals surface area contributed by atoms with Gasteiger partial charge >= 0.3 is 0 Å². The van der Waals surface area contributed by atoms with Crippen LogP contribution < -0.4 is 10.2 Å². The number of carbonyl (C=O) groups is 1. The van der Waals surface area contributed by atoms with Crippen molar-refractivity contribution >= 4 is 23.3 Å². The molecular formula is C15H18ClN5O. The van der Waals surface area contributed by atoms with Gasteiger partial charge in [-0.2, -0.15) is 0 Å². The maximum atomic E-state index is 12.2. The molecule has 1 amide bonds. The van der Waals surface area contributed by atoms with Crippen LogP contribution in [0.2, 0.25) is 5.02 Å². The van der Waals surface area contributed by atoms with E-state index in [4.69, 9.17) is 11.6 Å². The van der Waals surface area contributed by atoms with E-state index in [1.54, 1.807) is 23.3 Å². The van der Waals surface area contributed by atoms with E-state index in [2.05, 4.69) is 20.2 Å². The quantitative estimate of drug-likeness (QED) is 0.938. The van der Waals surface area contributed by atoms with Crippen molar-refractivity contribution in [2.45, 2.75) is 18.9 Å². The summed E-state index contributed by atoms with van der Waals surface area (Å²) in [4.78, 5) is 22.7. The number of halogens is 1. The van der Waals surface area contributed by atoms with Crippen LogP contribution in [0.15, 0.2) is 30.9 Å². The largest absolute Gasteiger partial charge is 0.356 e. The van der Waals surface area contributed by atoms with Gasteiger partial charge in [0.15, 0.2) is 0 Å². The average molecular weight is 320 g/mol. The molecule has 1 saturated heterocycles. The van der Waals surface area contributed by atoms with Gasteiger partial charge in [-0.05, 0) is 25.0 Å². The highest BCUT2D eigenvalue weighted by Crippen LogP contribution is 2.19. The number of nitrogens with zero attached hydrogens (tertiary/aromatic N) is 4. The normalized spacial score (nSPS) is 15.8. The van der Waals surface area contributed by atoms with Crippen LogP contribution in [-0.2, 0) is 7.05 Å². The minimum Gasteiger partial charge on any atom is -0.356 e. The van der Waals surface area contributed by atoms with Crippen molar-refractivity contribution in [2.24, 2.45) is 7.05 Å². The van der Waals surface area contributed by atoms with E-state index in [-0.39, 0.29) is 11.9 Å². The van der Waals surface area contributed by atoms with E-state index in [9.17, 15) is 4.79 Å². The highest BCUT2D eigenvalue weighted by molar-refractivity contribution is 6.30. The Hall–Kier alpha value is -2.08. The van der Waals surface area contributed by atoms with Gasteiger partial charge in [0, 0.05) is 32.4 Å². The molecule has 3 heterocycles. The average Bonchev–Trinajstić information content (AvgIpc) is 2.95. The molecule has 2 aromatic heterocycles. The zero-order chi connectivity index (χ0) is 15.5. The standard InChI is InChI=1S/C15H18ClN5O/c1-20-10-17-9-13(20)15(22)19-12-4-6-21(7-5-12)14-3-2-11(16)8-18-14/h2-3,8-10,12H,4-7H2,1H3,(H,19,22). The number of hydrogen-bond acceptors (Lipinski definition) is 4. The second-order valence-electron chi connectivity index (χ2n) is 5.46. The highest BCUT2D eigenvalue weighted by Gasteiger charge is 2.22. The Morgan fingerprint density at radius 2 is 2.09 bits per heavy atom. The number of amides is 1. The second kappa shape index (κ2) is 6.36. The maximum absolute atomic E-state index is 12.2. The van der Waals surface area contributed by atoms with Crippen LogP contribution in [0.1, 0.15) is 23.3 Å². The molecular weight excluding hydrogens is 302 g/mol. The molecule has 1 N–H and O–H groups in total. The number of aryl methyl sites for hydroxylation is 1. The zero-order valence-electron chi connectivity index (χ0n) is 12.4. The summed E-state index contributed by atoms with van der Waals surface area (Å²) in [6.45, 7) is 1.73. The van der Waals surface area contributed by atoms with Crippen LogP contribution in [0.25, 0.3) is 0 Å². The summed E-state index contributed by atoms with van der Waals surface area (Å²) in [6.07, 6.45) is 6.67. The summed E-state index contributed by atoms with van der Waals surface area (Å²) in [5, 5.41) is 3.72. The van der Waals surface area contributed by atoms with Gasteiger partial charge in [0.25, 0.3) is 5.91 Å². The molecule has 0 unspecified atom stereocenters. The Morgan fingerprint density at radius 3 is 2.68 bits per heavy atom. The van der Waals surface area contributed by atoms with Crippen LogP contribution >= 0.6 is 11.6 Å². The maximum Gasteiger partial charge on any atom is 0.269 e. The van der Waals surface area contributed by atoms with Crippen molar-refractivity contribution in [3.63, 3.8) is 0 Å². The number of nitrogens with one attached hydrogen (secondary N) is 1. The van der Waals surface area contributed by atoms with Gasteiger partial charge < -0.3 is 14.8 Å². The molecule has 1 fully saturated rings. The van der Waals surface area contributed by atoms with Crippen LogP contribution in [0.4, 0.5) is 5.82 Å². The first-order valence-electron chi connectivity index (χ1n) is 7.27. The van der Waals surface area contributed by atoms with Crippen LogP contribution in [0, 0.1) is 0 Å². The molecule has 3 rings (SSSR count). The lowest BCUT2D eigenvalue weighted by atomic mass is 10.0. The van der Waals surface area contributed by atoms with E-state index < -0.39 is 0 Å². The first kappa shape index (κ1) is 14.8. The van der Waals surface area contributed by atoms with Gasteiger partial charge in [-0.1, -0.05) is 11.6 Å². The predicted molar refractivity (Wildman–Crippen MR) is 85.2 cm³/mol. The van der Waals surface area contributed by atoms with Crippen molar-refractivity contribution in [1.82, 2.24) is 19.9 Å². The Morgan fingerprint density at radius 1 is 1.32 bits per heavy atom. The molecule has 1 aliphatic heterocycles. The Bertz CT molecular complexity index is 646. The number of anilines is 1. The molecule has 1 aliphatic rings. The number of rotatable bonds is 3. The molecule has 0 atom stereocenters. The van der Waals surface area contributed by atoms with Gasteiger partial charge in [-0.3, -0.25) is 4.79 Å². The lowest BCUT2D eigenvalue weighted by Gasteiger charge is -2.33. The molecule has 0 aromatic carbocycles. The SMILES string of the molecule is Cn1cncc1C(=O)NC1CCN(c2ccc(Cl)cn2)CC1. The van der Waals surface area contributed by atoms with Gasteiger partial charge in [0.05, 0.1) is 17.5 Å². The van der Waals surface area contributed by atoms with Crippen molar-refractivity contribution in [3.8, 4) is 0 Å². The fourth-order valence-electron chi connectivity index (χ4n) is 2.64. The van der Waals surface area contributed by atoms with Crippen LogP contribution in [0.5, 0.6) is 0 Å². The molecule has 0 spiro atoms. The summed E-state index contributed by atoms with van der Waals surface area (Å²) >= 11 is 5.86. The smallest absolute Gasteiger partial charge is 0.269 e. The number of hydrogen-bond donors (Lipinski definition) is 1. The van der Waals surface area contributed by atoms with Crippen molar-refractivity contribution in [2.75, 3.05) is 18.0 Å². The number of pyridine rings is 1. The summed E-state index contributed by atoms with van der Waals surface area (Å²) in [5.74, 6) is 0.865. The highest BCUT2D eigenvalue weighted by atomic mass is 35.5. The van der Waals surface area contributed by atoms with E-state index in [0.717, 1.165) is 31.7 Å². The third-order valence-corrected chi connectivity index (χ3v) is 4.14. The second-order valence-corrected chi connectivity index (χ2v) is 5.90. The molecule has 0 saturated carbocycles. The van der Waals surface area contributed by atoms with Gasteiger partial charge in [0.1, 0.15) is 11.5 Å². The molecule has 7 heteroatoms. The Balaban J connectivity index is 1.55. The molecule has 22 heavy (non-hydrogen) atoms. The molecule has 0 radical (unpaired) electrons. The lowest BCUT2D eigenvalue weighted by molar-refractivity contribution is 0.0923. The topological polar surface area (TPSA) is 63.1 Å². The first-order valence-corrected chi connectivity index (χ1v) is 7.65. The van der Waals surface area contributed by atoms with Crippen molar-refractivity contribution in [1.29, 1.82) is 0 Å². The summed E-state index contributed by atoms with van der Waals surface area (Å²) in [6, 6.07) is 3.96. The third-order valence-electron chi connectivity index (χ3n) is 3.92. The van der Waals surface area contributed by atoms with Crippen molar-refractivity contribution < 1.29 is 4.79 Å². The monoisotopic (exact) mass is 319 g/mol. The lowest BCUT2D eigenvalue weighted by Crippen LogP contribution is -2.45. The fourth-order valence-corrected chi connectivity index (χ4v) is 2.76. The van der Waals surface area contributed by atoms with Gasteiger partial charge in [0.2, 0.25) is 0 Å². The minimum absolute atomic E-state index is 0.0666. The van der Waals surface area contributed by atoms with E-state index in [1.165, 1.54) is 0 Å². The number of carbonyl (C=O) groups excluding carboxylic acids is 1. The predicted octanol–water partition coefficient (Wildman–Crippen LogP) is 1.87. The number of aromatic nitrogens is 3. The third kappa shape index (κ3) is 3.22. The molecule has 6 nitrogen and oxygen atoms in total. The Kier molecular flexibility index (Phi) is 4.29. The fraction of sp³-hybridized carbons (Fsp3) is 0.400. The van der Waals surface area contributed by atoms with Gasteiger partial charge in [-0.15, -0.1) is 0 Å². The number of imidazole rings is 1. The van der Waals surface area contributed by atoms with Gasteiger partial charge in [-0.25, -0.2) is 9.97 Å². The molecule has 0 aliphatic carbocycles. The first-order chi connectivity index (χ1) is 10.6. The van der Waals surface area contributed by atoms with E-state index in [0.29, 0.717) is 10.7 Å². The van der Waals surface area contributed by atoms with E-state index >= 15 is 0 Å². The van der Waals surface area contributed by atoms with E-state index in [1.807, 2.05) is 19.2 Å². The van der Waals surface area contributed by atoms with Crippen molar-refractivity contribution in [3.05, 3.63) is 41.6 Å². The zero-order valence-corrected chi connectivity index (χ0v) is 13.1. The molecule has 2 aromatic rings. The Labute approximate surface area is 134 Å². The number of piperidine rings is 1. The molecule has 116 valence electrons. The summed E-state index contributed by atoms with van der Waals surface area (Å²) in [5.41, 5.74) is 0.585. The minimum atomic E-state index is -0.0666. The van der Waals surface area contributed by atoms with Crippen LogP contribution in [0.3, 0.4) is 0 Å². The van der Waals surface area contributed by atoms with Crippen LogP contribution in [-0.4, -0.2) is 39.6 Å². The molecule has 0 bridgehead atoms.